The van der Waals surface area contributed by atoms with Crippen LogP contribution in [0.2, 0.25) is 0 Å². The summed E-state index contributed by atoms with van der Waals surface area (Å²) in [5.41, 5.74) is 1.23. The minimum Gasteiger partial charge on any atom is -0.487 e. The SMILES string of the molecule is CNCc1ccc(OCc2ccc(Br)s2)c(Br)c1. The number of thiophene rings is 1. The first-order valence-corrected chi connectivity index (χ1v) is 7.89. The Morgan fingerprint density at radius 1 is 1.22 bits per heavy atom. The summed E-state index contributed by atoms with van der Waals surface area (Å²) in [6.07, 6.45) is 0. The van der Waals surface area contributed by atoms with E-state index in [2.05, 4.69) is 55.4 Å². The highest BCUT2D eigenvalue weighted by Crippen LogP contribution is 2.28. The maximum absolute atomic E-state index is 5.79. The normalized spacial score (nSPS) is 10.6. The molecular formula is C13H13Br2NOS. The second kappa shape index (κ2) is 6.70. The summed E-state index contributed by atoms with van der Waals surface area (Å²) < 4.78 is 7.91. The molecule has 0 aliphatic rings. The summed E-state index contributed by atoms with van der Waals surface area (Å²) in [5.74, 6) is 0.874. The van der Waals surface area contributed by atoms with Crippen molar-refractivity contribution in [3.8, 4) is 5.75 Å². The molecule has 0 aliphatic carbocycles. The average molecular weight is 391 g/mol. The number of benzene rings is 1. The highest BCUT2D eigenvalue weighted by molar-refractivity contribution is 9.11. The van der Waals surface area contributed by atoms with Gasteiger partial charge in [0.15, 0.2) is 0 Å². The molecular weight excluding hydrogens is 378 g/mol. The van der Waals surface area contributed by atoms with Gasteiger partial charge in [0.05, 0.1) is 8.26 Å². The number of hydrogen-bond donors (Lipinski definition) is 1. The minimum absolute atomic E-state index is 0.597. The van der Waals surface area contributed by atoms with E-state index in [-0.39, 0.29) is 0 Å². The lowest BCUT2D eigenvalue weighted by Crippen LogP contribution is -2.05. The maximum atomic E-state index is 5.79. The summed E-state index contributed by atoms with van der Waals surface area (Å²) >= 11 is 8.67. The van der Waals surface area contributed by atoms with Crippen molar-refractivity contribution >= 4 is 43.2 Å². The van der Waals surface area contributed by atoms with Crippen LogP contribution in [0, 0.1) is 0 Å². The Morgan fingerprint density at radius 3 is 2.67 bits per heavy atom. The van der Waals surface area contributed by atoms with Crippen molar-refractivity contribution in [2.24, 2.45) is 0 Å². The van der Waals surface area contributed by atoms with Gasteiger partial charge in [0, 0.05) is 11.4 Å². The van der Waals surface area contributed by atoms with Crippen molar-refractivity contribution in [1.82, 2.24) is 5.32 Å². The molecule has 0 saturated carbocycles. The quantitative estimate of drug-likeness (QED) is 0.807. The molecule has 0 bridgehead atoms. The molecule has 1 aromatic carbocycles. The first-order chi connectivity index (χ1) is 8.69. The lowest BCUT2D eigenvalue weighted by Gasteiger charge is -2.08. The first-order valence-electron chi connectivity index (χ1n) is 5.49. The van der Waals surface area contributed by atoms with Crippen molar-refractivity contribution in [2.75, 3.05) is 7.05 Å². The van der Waals surface area contributed by atoms with E-state index in [0.29, 0.717) is 6.61 Å². The molecule has 0 saturated heterocycles. The van der Waals surface area contributed by atoms with Crippen molar-refractivity contribution < 1.29 is 4.74 Å². The number of hydrogen-bond acceptors (Lipinski definition) is 3. The van der Waals surface area contributed by atoms with Crippen molar-refractivity contribution in [3.63, 3.8) is 0 Å². The van der Waals surface area contributed by atoms with E-state index in [9.17, 15) is 0 Å². The van der Waals surface area contributed by atoms with E-state index in [0.717, 1.165) is 20.6 Å². The molecule has 1 heterocycles. The van der Waals surface area contributed by atoms with E-state index >= 15 is 0 Å². The van der Waals surface area contributed by atoms with Crippen LogP contribution in [0.25, 0.3) is 0 Å². The Labute approximate surface area is 128 Å². The van der Waals surface area contributed by atoms with E-state index < -0.39 is 0 Å². The van der Waals surface area contributed by atoms with Gasteiger partial charge in [0.25, 0.3) is 0 Å². The summed E-state index contributed by atoms with van der Waals surface area (Å²) in [5, 5.41) is 3.13. The molecule has 0 amide bonds. The van der Waals surface area contributed by atoms with Crippen LogP contribution >= 0.6 is 43.2 Å². The lowest BCUT2D eigenvalue weighted by molar-refractivity contribution is 0.307. The zero-order valence-electron chi connectivity index (χ0n) is 9.87. The monoisotopic (exact) mass is 389 g/mol. The van der Waals surface area contributed by atoms with Gasteiger partial charge in [0.1, 0.15) is 12.4 Å². The minimum atomic E-state index is 0.597. The fourth-order valence-corrected chi connectivity index (χ4v) is 3.49. The van der Waals surface area contributed by atoms with Gasteiger partial charge >= 0.3 is 0 Å². The third-order valence-corrected chi connectivity index (χ3v) is 4.59. The largest absolute Gasteiger partial charge is 0.487 e. The summed E-state index contributed by atoms with van der Waals surface area (Å²) in [6.45, 7) is 1.46. The molecule has 0 atom stereocenters. The van der Waals surface area contributed by atoms with Gasteiger partial charge in [0.2, 0.25) is 0 Å². The van der Waals surface area contributed by atoms with Crippen LogP contribution in [0.4, 0.5) is 0 Å². The Bertz CT molecular complexity index is 527. The van der Waals surface area contributed by atoms with Crippen LogP contribution in [0.5, 0.6) is 5.75 Å². The van der Waals surface area contributed by atoms with Gasteiger partial charge in [-0.15, -0.1) is 11.3 Å². The molecule has 2 nitrogen and oxygen atoms in total. The van der Waals surface area contributed by atoms with Gasteiger partial charge in [-0.25, -0.2) is 0 Å². The smallest absolute Gasteiger partial charge is 0.134 e. The molecule has 0 fully saturated rings. The summed E-state index contributed by atoms with van der Waals surface area (Å²) in [4.78, 5) is 1.20. The maximum Gasteiger partial charge on any atom is 0.134 e. The molecule has 1 N–H and O–H groups in total. The number of nitrogens with one attached hydrogen (secondary N) is 1. The zero-order chi connectivity index (χ0) is 13.0. The van der Waals surface area contributed by atoms with Crippen LogP contribution in [0.15, 0.2) is 38.6 Å². The van der Waals surface area contributed by atoms with Crippen LogP contribution in [0.1, 0.15) is 10.4 Å². The molecule has 5 heteroatoms. The predicted octanol–water partition coefficient (Wildman–Crippen LogP) is 4.57. The second-order valence-electron chi connectivity index (χ2n) is 3.79. The van der Waals surface area contributed by atoms with Crippen LogP contribution in [-0.4, -0.2) is 7.05 Å². The number of rotatable bonds is 5. The molecule has 2 aromatic rings. The zero-order valence-corrected chi connectivity index (χ0v) is 13.9. The lowest BCUT2D eigenvalue weighted by atomic mass is 10.2. The van der Waals surface area contributed by atoms with E-state index in [4.69, 9.17) is 4.74 Å². The number of ether oxygens (including phenoxy) is 1. The molecule has 1 aromatic heterocycles. The van der Waals surface area contributed by atoms with Crippen molar-refractivity contribution in [1.29, 1.82) is 0 Å². The Hall–Kier alpha value is -0.360. The van der Waals surface area contributed by atoms with Gasteiger partial charge in [-0.3, -0.25) is 0 Å². The first kappa shape index (κ1) is 14.1. The number of halogens is 2. The topological polar surface area (TPSA) is 21.3 Å². The third kappa shape index (κ3) is 3.82. The highest BCUT2D eigenvalue weighted by Gasteiger charge is 2.04. The molecule has 2 rings (SSSR count). The van der Waals surface area contributed by atoms with Crippen LogP contribution < -0.4 is 10.1 Å². The van der Waals surface area contributed by atoms with Gasteiger partial charge < -0.3 is 10.1 Å². The average Bonchev–Trinajstić information content (AvgIpc) is 2.74. The second-order valence-corrected chi connectivity index (χ2v) is 7.19. The van der Waals surface area contributed by atoms with E-state index in [1.807, 2.05) is 19.2 Å². The standard InChI is InChI=1S/C13H13Br2NOS/c1-16-7-9-2-4-12(11(14)6-9)17-8-10-3-5-13(15)18-10/h2-6,16H,7-8H2,1H3. The predicted molar refractivity (Wildman–Crippen MR) is 83.3 cm³/mol. The molecule has 0 aliphatic heterocycles. The van der Waals surface area contributed by atoms with Gasteiger partial charge in [-0.2, -0.15) is 0 Å². The summed E-state index contributed by atoms with van der Waals surface area (Å²) in [6, 6.07) is 10.3. The molecule has 0 radical (unpaired) electrons. The van der Waals surface area contributed by atoms with Gasteiger partial charge in [-0.1, -0.05) is 6.07 Å². The molecule has 96 valence electrons. The van der Waals surface area contributed by atoms with E-state index in [1.54, 1.807) is 11.3 Å². The van der Waals surface area contributed by atoms with Crippen molar-refractivity contribution in [2.45, 2.75) is 13.2 Å². The Morgan fingerprint density at radius 2 is 2.06 bits per heavy atom. The molecule has 0 unspecified atom stereocenters. The van der Waals surface area contributed by atoms with Gasteiger partial charge in [-0.05, 0) is 68.7 Å². The summed E-state index contributed by atoms with van der Waals surface area (Å²) in [7, 11) is 1.94. The fourth-order valence-electron chi connectivity index (χ4n) is 1.55. The highest BCUT2D eigenvalue weighted by atomic mass is 79.9. The van der Waals surface area contributed by atoms with Crippen molar-refractivity contribution in [3.05, 3.63) is 49.0 Å². The fraction of sp³-hybridized carbons (Fsp3) is 0.231. The van der Waals surface area contributed by atoms with E-state index in [1.165, 1.54) is 10.4 Å². The third-order valence-electron chi connectivity index (χ3n) is 2.38. The Kier molecular flexibility index (Phi) is 5.24. The van der Waals surface area contributed by atoms with Crippen LogP contribution in [0.3, 0.4) is 0 Å². The molecule has 0 spiro atoms. The van der Waals surface area contributed by atoms with Crippen LogP contribution in [-0.2, 0) is 13.2 Å². The Balaban J connectivity index is 2.01. The molecule has 18 heavy (non-hydrogen) atoms.